The Morgan fingerprint density at radius 3 is 2.79 bits per heavy atom. The van der Waals surface area contributed by atoms with Gasteiger partial charge in [-0.1, -0.05) is 12.1 Å². The zero-order chi connectivity index (χ0) is 20.1. The number of likely N-dealkylation sites (N-methyl/N-ethyl adjacent to an activating group) is 1. The van der Waals surface area contributed by atoms with Crippen LogP contribution in [0, 0.1) is 5.82 Å². The number of benzene rings is 2. The van der Waals surface area contributed by atoms with Crippen LogP contribution in [-0.2, 0) is 0 Å². The van der Waals surface area contributed by atoms with Crippen LogP contribution in [0.15, 0.2) is 51.7 Å². The normalized spacial score (nSPS) is 24.8. The molecule has 3 atom stereocenters. The van der Waals surface area contributed by atoms with E-state index in [1.54, 1.807) is 18.2 Å². The molecular weight excluding hydrogens is 373 g/mol. The highest BCUT2D eigenvalue weighted by atomic mass is 19.1. The average Bonchev–Trinajstić information content (AvgIpc) is 3.28. The smallest absolute Gasteiger partial charge is 0.408 e. The van der Waals surface area contributed by atoms with Gasteiger partial charge in [-0.05, 0) is 62.3 Å². The fourth-order valence-electron chi connectivity index (χ4n) is 5.03. The molecule has 1 aromatic heterocycles. The Labute approximate surface area is 166 Å². The average molecular weight is 395 g/mol. The lowest BCUT2D eigenvalue weighted by atomic mass is 9.86. The van der Waals surface area contributed by atoms with E-state index in [0.717, 1.165) is 24.9 Å². The van der Waals surface area contributed by atoms with Crippen molar-refractivity contribution in [3.05, 3.63) is 70.0 Å². The summed E-state index contributed by atoms with van der Waals surface area (Å²) in [4.78, 5) is 31.7. The van der Waals surface area contributed by atoms with Crippen molar-refractivity contribution >= 4 is 17.0 Å². The molecule has 0 spiro atoms. The van der Waals surface area contributed by atoms with Gasteiger partial charge in [0.05, 0.1) is 5.52 Å². The van der Waals surface area contributed by atoms with Gasteiger partial charge in [0, 0.05) is 30.1 Å². The summed E-state index contributed by atoms with van der Waals surface area (Å²) >= 11 is 0. The van der Waals surface area contributed by atoms with Gasteiger partial charge >= 0.3 is 5.76 Å². The van der Waals surface area contributed by atoms with E-state index in [0.29, 0.717) is 23.2 Å². The first-order valence-corrected chi connectivity index (χ1v) is 9.91. The van der Waals surface area contributed by atoms with E-state index >= 15 is 0 Å². The highest BCUT2D eigenvalue weighted by Crippen LogP contribution is 2.40. The summed E-state index contributed by atoms with van der Waals surface area (Å²) in [7, 11) is 2.10. The SMILES string of the molecule is CN1CCC[C@@H]2[C@H]1[C@@H](c1ccc(F)cc1)CN2C(=O)c1ccc2oc(=O)[nH]c2c1. The summed E-state index contributed by atoms with van der Waals surface area (Å²) < 4.78 is 18.5. The van der Waals surface area contributed by atoms with E-state index in [4.69, 9.17) is 4.42 Å². The number of carbonyl (C=O) groups excluding carboxylic acids is 1. The molecule has 2 fully saturated rings. The maximum absolute atomic E-state index is 13.4. The third kappa shape index (κ3) is 3.06. The zero-order valence-corrected chi connectivity index (χ0v) is 16.1. The molecule has 7 heteroatoms. The molecule has 1 N–H and O–H groups in total. The highest BCUT2D eigenvalue weighted by Gasteiger charge is 2.47. The molecule has 2 aliphatic heterocycles. The van der Waals surface area contributed by atoms with Gasteiger partial charge in [-0.2, -0.15) is 0 Å². The van der Waals surface area contributed by atoms with E-state index in [-0.39, 0.29) is 29.7 Å². The monoisotopic (exact) mass is 395 g/mol. The molecular formula is C22H22FN3O3. The number of amides is 1. The van der Waals surface area contributed by atoms with Gasteiger partial charge in [0.1, 0.15) is 5.82 Å². The first kappa shape index (κ1) is 18.1. The first-order chi connectivity index (χ1) is 14.0. The number of halogens is 1. The quantitative estimate of drug-likeness (QED) is 0.724. The summed E-state index contributed by atoms with van der Waals surface area (Å²) in [5, 5.41) is 0. The Morgan fingerprint density at radius 2 is 2.00 bits per heavy atom. The number of nitrogens with one attached hydrogen (secondary N) is 1. The van der Waals surface area contributed by atoms with Crippen LogP contribution >= 0.6 is 0 Å². The maximum Gasteiger partial charge on any atom is 0.417 e. The van der Waals surface area contributed by atoms with Gasteiger partial charge in [0.2, 0.25) is 0 Å². The van der Waals surface area contributed by atoms with Crippen LogP contribution in [-0.4, -0.2) is 52.9 Å². The lowest BCUT2D eigenvalue weighted by Crippen LogP contribution is -2.50. The second-order valence-electron chi connectivity index (χ2n) is 8.02. The molecule has 0 bridgehead atoms. The summed E-state index contributed by atoms with van der Waals surface area (Å²) in [6.45, 7) is 1.58. The summed E-state index contributed by atoms with van der Waals surface area (Å²) in [6.07, 6.45) is 1.98. The minimum absolute atomic E-state index is 0.0520. The number of aromatic amines is 1. The van der Waals surface area contributed by atoms with Gasteiger partial charge < -0.3 is 14.2 Å². The lowest BCUT2D eigenvalue weighted by Gasteiger charge is -2.39. The van der Waals surface area contributed by atoms with Crippen LogP contribution < -0.4 is 5.76 Å². The van der Waals surface area contributed by atoms with Crippen molar-refractivity contribution in [2.24, 2.45) is 0 Å². The third-order valence-corrected chi connectivity index (χ3v) is 6.34. The van der Waals surface area contributed by atoms with Crippen LogP contribution in [0.2, 0.25) is 0 Å². The molecule has 6 nitrogen and oxygen atoms in total. The second kappa shape index (κ2) is 6.84. The molecule has 3 aromatic rings. The number of aromatic nitrogens is 1. The maximum atomic E-state index is 13.4. The van der Waals surface area contributed by atoms with Crippen LogP contribution in [0.1, 0.15) is 34.7 Å². The molecule has 0 aliphatic carbocycles. The number of piperidine rings is 1. The van der Waals surface area contributed by atoms with E-state index < -0.39 is 5.76 Å². The Bertz CT molecular complexity index is 1120. The number of likely N-dealkylation sites (tertiary alicyclic amines) is 2. The van der Waals surface area contributed by atoms with Crippen LogP contribution in [0.25, 0.3) is 11.1 Å². The Hall–Kier alpha value is -2.93. The van der Waals surface area contributed by atoms with Crippen molar-refractivity contribution in [3.8, 4) is 0 Å². The number of nitrogens with zero attached hydrogens (tertiary/aromatic N) is 2. The van der Waals surface area contributed by atoms with Crippen LogP contribution in [0.3, 0.4) is 0 Å². The molecule has 0 saturated carbocycles. The molecule has 1 amide bonds. The third-order valence-electron chi connectivity index (χ3n) is 6.34. The Morgan fingerprint density at radius 1 is 1.21 bits per heavy atom. The fraction of sp³-hybridized carbons (Fsp3) is 0.364. The predicted molar refractivity (Wildman–Crippen MR) is 106 cm³/mol. The van der Waals surface area contributed by atoms with Crippen LogP contribution in [0.4, 0.5) is 4.39 Å². The van der Waals surface area contributed by atoms with Gasteiger partial charge in [-0.25, -0.2) is 9.18 Å². The number of carbonyl (C=O) groups is 1. The van der Waals surface area contributed by atoms with E-state index in [1.165, 1.54) is 12.1 Å². The van der Waals surface area contributed by atoms with Crippen molar-refractivity contribution < 1.29 is 13.6 Å². The fourth-order valence-corrected chi connectivity index (χ4v) is 5.03. The molecule has 2 aliphatic rings. The van der Waals surface area contributed by atoms with E-state index in [9.17, 15) is 14.0 Å². The van der Waals surface area contributed by atoms with Gasteiger partial charge in [0.25, 0.3) is 5.91 Å². The summed E-state index contributed by atoms with van der Waals surface area (Å²) in [5.41, 5.74) is 2.54. The second-order valence-corrected chi connectivity index (χ2v) is 8.02. The topological polar surface area (TPSA) is 69.5 Å². The number of oxazole rings is 1. The molecule has 29 heavy (non-hydrogen) atoms. The van der Waals surface area contributed by atoms with Gasteiger partial charge in [-0.3, -0.25) is 9.78 Å². The molecule has 0 unspecified atom stereocenters. The van der Waals surface area contributed by atoms with Crippen molar-refractivity contribution in [2.45, 2.75) is 30.8 Å². The minimum Gasteiger partial charge on any atom is -0.408 e. The molecule has 150 valence electrons. The standard InChI is InChI=1S/C22H22FN3O3/c1-25-10-2-3-18-20(25)16(13-4-7-15(23)8-5-13)12-26(18)21(27)14-6-9-19-17(11-14)24-22(28)29-19/h4-9,11,16,18,20H,2-3,10,12H2,1H3,(H,24,28)/t16-,18-,20-/m1/s1. The van der Waals surface area contributed by atoms with E-state index in [1.807, 2.05) is 17.0 Å². The number of fused-ring (bicyclic) bond motifs is 2. The number of hydrogen-bond acceptors (Lipinski definition) is 4. The largest absolute Gasteiger partial charge is 0.417 e. The zero-order valence-electron chi connectivity index (χ0n) is 16.1. The highest BCUT2D eigenvalue weighted by molar-refractivity contribution is 5.97. The van der Waals surface area contributed by atoms with Gasteiger partial charge in [-0.15, -0.1) is 0 Å². The molecule has 0 radical (unpaired) electrons. The lowest BCUT2D eigenvalue weighted by molar-refractivity contribution is 0.0629. The summed E-state index contributed by atoms with van der Waals surface area (Å²) in [5.74, 6) is -0.706. The Balaban J connectivity index is 1.50. The van der Waals surface area contributed by atoms with Crippen molar-refractivity contribution in [1.82, 2.24) is 14.8 Å². The van der Waals surface area contributed by atoms with Crippen molar-refractivity contribution in [1.29, 1.82) is 0 Å². The first-order valence-electron chi connectivity index (χ1n) is 9.91. The van der Waals surface area contributed by atoms with Crippen LogP contribution in [0.5, 0.6) is 0 Å². The van der Waals surface area contributed by atoms with Crippen molar-refractivity contribution in [3.63, 3.8) is 0 Å². The molecule has 5 rings (SSSR count). The van der Waals surface area contributed by atoms with Crippen molar-refractivity contribution in [2.75, 3.05) is 20.1 Å². The predicted octanol–water partition coefficient (Wildman–Crippen LogP) is 2.96. The molecule has 2 aromatic carbocycles. The minimum atomic E-state index is -0.531. The summed E-state index contributed by atoms with van der Waals surface area (Å²) in [6, 6.07) is 12.0. The number of H-pyrrole nitrogens is 1. The number of hydrogen-bond donors (Lipinski definition) is 1. The molecule has 3 heterocycles. The van der Waals surface area contributed by atoms with Gasteiger partial charge in [0.15, 0.2) is 5.58 Å². The molecule has 2 saturated heterocycles. The van der Waals surface area contributed by atoms with E-state index in [2.05, 4.69) is 16.9 Å². The Kier molecular flexibility index (Phi) is 4.28. The number of rotatable bonds is 2.